The Morgan fingerprint density at radius 2 is 1.72 bits per heavy atom. The van der Waals surface area contributed by atoms with Crippen LogP contribution in [-0.2, 0) is 6.61 Å². The molecule has 0 fully saturated rings. The van der Waals surface area contributed by atoms with Crippen molar-refractivity contribution in [2.24, 2.45) is 5.10 Å². The fourth-order valence-corrected chi connectivity index (χ4v) is 3.10. The first-order valence-electron chi connectivity index (χ1n) is 10.3. The van der Waals surface area contributed by atoms with E-state index in [4.69, 9.17) is 4.74 Å². The number of carbonyl (C=O) groups is 1. The Morgan fingerprint density at radius 1 is 1.00 bits per heavy atom. The van der Waals surface area contributed by atoms with Crippen molar-refractivity contribution in [3.8, 4) is 17.0 Å². The lowest BCUT2D eigenvalue weighted by Gasteiger charge is -2.07. The molecule has 1 aromatic heterocycles. The second-order valence-electron chi connectivity index (χ2n) is 7.47. The molecule has 6 nitrogen and oxygen atoms in total. The van der Waals surface area contributed by atoms with Crippen LogP contribution >= 0.6 is 0 Å². The van der Waals surface area contributed by atoms with E-state index in [9.17, 15) is 4.79 Å². The van der Waals surface area contributed by atoms with E-state index in [0.717, 1.165) is 28.2 Å². The van der Waals surface area contributed by atoms with Gasteiger partial charge < -0.3 is 4.74 Å². The summed E-state index contributed by atoms with van der Waals surface area (Å²) in [7, 11) is 0. The predicted molar refractivity (Wildman–Crippen MR) is 126 cm³/mol. The Bertz CT molecular complexity index is 1210. The standard InChI is InChI=1S/C26H24N4O2/c1-18-8-10-20(11-9-18)17-32-23-14-12-22(13-15-23)24-16-25(29-28-24)26(31)30-27-19(2)21-6-4-3-5-7-21/h3-16H,17H2,1-2H3,(H,28,29)(H,30,31). The van der Waals surface area contributed by atoms with E-state index in [1.807, 2.05) is 61.5 Å². The summed E-state index contributed by atoms with van der Waals surface area (Å²) < 4.78 is 5.85. The van der Waals surface area contributed by atoms with Gasteiger partial charge in [-0.15, -0.1) is 0 Å². The Hall–Kier alpha value is -4.19. The molecule has 0 aliphatic heterocycles. The monoisotopic (exact) mass is 424 g/mol. The molecule has 32 heavy (non-hydrogen) atoms. The van der Waals surface area contributed by atoms with Crippen LogP contribution in [0.3, 0.4) is 0 Å². The molecule has 6 heteroatoms. The fraction of sp³-hybridized carbons (Fsp3) is 0.115. The third-order valence-corrected chi connectivity index (χ3v) is 5.02. The summed E-state index contributed by atoms with van der Waals surface area (Å²) in [5.41, 5.74) is 8.47. The van der Waals surface area contributed by atoms with Gasteiger partial charge in [0.1, 0.15) is 18.1 Å². The SMILES string of the molecule is CC(=NNC(=O)c1cc(-c2ccc(OCc3ccc(C)cc3)cc2)n[nH]1)c1ccccc1. The highest BCUT2D eigenvalue weighted by Gasteiger charge is 2.11. The van der Waals surface area contributed by atoms with Crippen molar-refractivity contribution in [1.29, 1.82) is 0 Å². The predicted octanol–water partition coefficient (Wildman–Crippen LogP) is 5.12. The quantitative estimate of drug-likeness (QED) is 0.319. The molecule has 1 amide bonds. The summed E-state index contributed by atoms with van der Waals surface area (Å²) >= 11 is 0. The maximum atomic E-state index is 12.4. The van der Waals surface area contributed by atoms with Gasteiger partial charge in [0, 0.05) is 5.56 Å². The zero-order valence-corrected chi connectivity index (χ0v) is 18.0. The van der Waals surface area contributed by atoms with Crippen molar-refractivity contribution >= 4 is 11.6 Å². The van der Waals surface area contributed by atoms with Crippen molar-refractivity contribution in [1.82, 2.24) is 15.6 Å². The highest BCUT2D eigenvalue weighted by molar-refractivity contribution is 6.00. The number of amides is 1. The summed E-state index contributed by atoms with van der Waals surface area (Å²) in [4.78, 5) is 12.4. The van der Waals surface area contributed by atoms with Crippen molar-refractivity contribution in [3.63, 3.8) is 0 Å². The molecule has 0 radical (unpaired) electrons. The average molecular weight is 425 g/mol. The van der Waals surface area contributed by atoms with Crippen LogP contribution in [0.15, 0.2) is 90.0 Å². The zero-order valence-electron chi connectivity index (χ0n) is 18.0. The highest BCUT2D eigenvalue weighted by atomic mass is 16.5. The minimum atomic E-state index is -0.350. The lowest BCUT2D eigenvalue weighted by atomic mass is 10.1. The van der Waals surface area contributed by atoms with Crippen LogP contribution in [0.4, 0.5) is 0 Å². The van der Waals surface area contributed by atoms with E-state index in [-0.39, 0.29) is 5.91 Å². The van der Waals surface area contributed by atoms with Gasteiger partial charge in [-0.2, -0.15) is 10.2 Å². The van der Waals surface area contributed by atoms with Crippen LogP contribution in [0, 0.1) is 6.92 Å². The van der Waals surface area contributed by atoms with Crippen LogP contribution in [0.1, 0.15) is 34.1 Å². The second-order valence-corrected chi connectivity index (χ2v) is 7.47. The summed E-state index contributed by atoms with van der Waals surface area (Å²) in [6.07, 6.45) is 0. The topological polar surface area (TPSA) is 79.4 Å². The van der Waals surface area contributed by atoms with Crippen LogP contribution < -0.4 is 10.2 Å². The number of aromatic nitrogens is 2. The number of nitrogens with one attached hydrogen (secondary N) is 2. The number of hydrazone groups is 1. The Balaban J connectivity index is 1.36. The number of benzene rings is 3. The smallest absolute Gasteiger partial charge is 0.289 e. The van der Waals surface area contributed by atoms with Gasteiger partial charge in [0.15, 0.2) is 0 Å². The molecule has 3 aromatic carbocycles. The number of ether oxygens (including phenoxy) is 1. The van der Waals surface area contributed by atoms with Gasteiger partial charge >= 0.3 is 0 Å². The minimum Gasteiger partial charge on any atom is -0.489 e. The molecule has 0 spiro atoms. The Morgan fingerprint density at radius 3 is 2.44 bits per heavy atom. The van der Waals surface area contributed by atoms with Crippen molar-refractivity contribution in [2.75, 3.05) is 0 Å². The minimum absolute atomic E-state index is 0.337. The Kier molecular flexibility index (Phi) is 6.41. The third-order valence-electron chi connectivity index (χ3n) is 5.02. The van der Waals surface area contributed by atoms with Crippen LogP contribution in [-0.4, -0.2) is 21.8 Å². The molecular formula is C26H24N4O2. The van der Waals surface area contributed by atoms with Gasteiger partial charge in [-0.1, -0.05) is 60.2 Å². The molecule has 0 unspecified atom stereocenters. The van der Waals surface area contributed by atoms with E-state index in [0.29, 0.717) is 18.0 Å². The third kappa shape index (κ3) is 5.29. The van der Waals surface area contributed by atoms with Gasteiger partial charge in [0.05, 0.1) is 11.4 Å². The first-order chi connectivity index (χ1) is 15.6. The summed E-state index contributed by atoms with van der Waals surface area (Å²) in [6.45, 7) is 4.41. The number of aryl methyl sites for hydroxylation is 1. The van der Waals surface area contributed by atoms with Crippen LogP contribution in [0.5, 0.6) is 5.75 Å². The van der Waals surface area contributed by atoms with Gasteiger partial charge in [-0.05, 0) is 55.3 Å². The first kappa shape index (κ1) is 21.1. The van der Waals surface area contributed by atoms with E-state index in [1.165, 1.54) is 5.56 Å². The molecule has 1 heterocycles. The first-order valence-corrected chi connectivity index (χ1v) is 10.3. The normalized spacial score (nSPS) is 11.2. The van der Waals surface area contributed by atoms with E-state index in [1.54, 1.807) is 6.07 Å². The lowest BCUT2D eigenvalue weighted by molar-refractivity contribution is 0.0950. The molecule has 0 aliphatic rings. The number of rotatable bonds is 7. The van der Waals surface area contributed by atoms with Crippen LogP contribution in [0.2, 0.25) is 0 Å². The second kappa shape index (κ2) is 9.75. The number of carbonyl (C=O) groups excluding carboxylic acids is 1. The molecule has 4 rings (SSSR count). The number of aromatic amines is 1. The maximum Gasteiger partial charge on any atom is 0.289 e. The maximum absolute atomic E-state index is 12.4. The Labute approximate surface area is 187 Å². The molecule has 2 N–H and O–H groups in total. The molecule has 0 aliphatic carbocycles. The van der Waals surface area contributed by atoms with Crippen molar-refractivity contribution in [2.45, 2.75) is 20.5 Å². The molecule has 160 valence electrons. The van der Waals surface area contributed by atoms with E-state index < -0.39 is 0 Å². The van der Waals surface area contributed by atoms with E-state index in [2.05, 4.69) is 51.9 Å². The number of hydrogen-bond acceptors (Lipinski definition) is 4. The van der Waals surface area contributed by atoms with Gasteiger partial charge in [-0.25, -0.2) is 5.43 Å². The molecule has 0 saturated carbocycles. The summed E-state index contributed by atoms with van der Waals surface area (Å²) in [5.74, 6) is 0.422. The highest BCUT2D eigenvalue weighted by Crippen LogP contribution is 2.22. The summed E-state index contributed by atoms with van der Waals surface area (Å²) in [5, 5.41) is 11.2. The zero-order chi connectivity index (χ0) is 22.3. The number of nitrogens with zero attached hydrogens (tertiary/aromatic N) is 2. The number of hydrogen-bond donors (Lipinski definition) is 2. The molecule has 0 atom stereocenters. The van der Waals surface area contributed by atoms with Gasteiger partial charge in [-0.3, -0.25) is 9.89 Å². The molecular weight excluding hydrogens is 400 g/mol. The largest absolute Gasteiger partial charge is 0.489 e. The van der Waals surface area contributed by atoms with E-state index >= 15 is 0 Å². The fourth-order valence-electron chi connectivity index (χ4n) is 3.10. The molecule has 0 saturated heterocycles. The summed E-state index contributed by atoms with van der Waals surface area (Å²) in [6, 6.07) is 27.2. The average Bonchev–Trinajstić information content (AvgIpc) is 3.33. The van der Waals surface area contributed by atoms with Gasteiger partial charge in [0.2, 0.25) is 0 Å². The lowest BCUT2D eigenvalue weighted by Crippen LogP contribution is -2.19. The molecule has 0 bridgehead atoms. The molecule has 4 aromatic rings. The van der Waals surface area contributed by atoms with Crippen LogP contribution in [0.25, 0.3) is 11.3 Å². The van der Waals surface area contributed by atoms with Crippen molar-refractivity contribution in [3.05, 3.63) is 107 Å². The van der Waals surface area contributed by atoms with Gasteiger partial charge in [0.25, 0.3) is 5.91 Å². The van der Waals surface area contributed by atoms with Crippen molar-refractivity contribution < 1.29 is 9.53 Å². The number of H-pyrrole nitrogens is 1.